The minimum Gasteiger partial charge on any atom is -0.598 e. The molecular formula is C31H32Cl2N3O3S. The van der Waals surface area contributed by atoms with Crippen LogP contribution in [0.1, 0.15) is 44.9 Å². The van der Waals surface area contributed by atoms with E-state index < -0.39 is 16.1 Å². The van der Waals surface area contributed by atoms with Gasteiger partial charge in [-0.15, -0.1) is 4.72 Å². The number of halogens is 2. The van der Waals surface area contributed by atoms with Crippen molar-refractivity contribution in [3.8, 4) is 45.3 Å². The molecular weight excluding hydrogens is 565 g/mol. The van der Waals surface area contributed by atoms with Gasteiger partial charge < -0.3 is 14.0 Å². The van der Waals surface area contributed by atoms with E-state index in [1.807, 2.05) is 82.3 Å². The lowest BCUT2D eigenvalue weighted by atomic mass is 9.98. The summed E-state index contributed by atoms with van der Waals surface area (Å²) < 4.78 is 26.5. The molecule has 6 nitrogen and oxygen atoms in total. The quantitative estimate of drug-likeness (QED) is 0.207. The van der Waals surface area contributed by atoms with E-state index in [-0.39, 0.29) is 6.04 Å². The fourth-order valence-corrected chi connectivity index (χ4v) is 5.65. The molecule has 0 spiro atoms. The summed E-state index contributed by atoms with van der Waals surface area (Å²) in [4.78, 5) is 9.14. The summed E-state index contributed by atoms with van der Waals surface area (Å²) in [5.74, 6) is 1.08. The topological polar surface area (TPSA) is 79.3 Å². The van der Waals surface area contributed by atoms with Gasteiger partial charge in [0.15, 0.2) is 0 Å². The molecule has 4 aromatic rings. The van der Waals surface area contributed by atoms with Crippen LogP contribution in [0, 0.1) is 6.92 Å². The maximum Gasteiger partial charge on any atom is 0.216 e. The van der Waals surface area contributed by atoms with Crippen molar-refractivity contribution in [2.75, 3.05) is 14.2 Å². The van der Waals surface area contributed by atoms with Crippen LogP contribution in [0.25, 0.3) is 33.6 Å². The van der Waals surface area contributed by atoms with Crippen LogP contribution in [0.5, 0.6) is 11.6 Å². The van der Waals surface area contributed by atoms with Gasteiger partial charge in [0.2, 0.25) is 5.88 Å². The Kier molecular flexibility index (Phi) is 9.33. The van der Waals surface area contributed by atoms with Crippen molar-refractivity contribution >= 4 is 34.6 Å². The monoisotopic (exact) mass is 596 g/mol. The number of pyridine rings is 2. The Morgan fingerprint density at radius 1 is 0.950 bits per heavy atom. The van der Waals surface area contributed by atoms with E-state index >= 15 is 0 Å². The zero-order valence-electron chi connectivity index (χ0n) is 23.3. The smallest absolute Gasteiger partial charge is 0.216 e. The molecule has 0 bridgehead atoms. The molecule has 1 unspecified atom stereocenters. The standard InChI is InChI=1S/C31H32Cl2N3O3S/c1-18-11-14-25(35-30(18)39-7)24-10-8-9-22(27(24)32)23-15-16-34-29(28(23)33)20-12-13-21(26(17-20)38-6)19(2)36-40(37)31(3,4)5/h8-17,19,36H,1H2,2-7H3/t19-,40?/m0/s1. The molecule has 0 saturated carbocycles. The molecule has 1 N–H and O–H groups in total. The summed E-state index contributed by atoms with van der Waals surface area (Å²) in [6.45, 7) is 11.7. The Labute approximate surface area is 249 Å². The molecule has 40 heavy (non-hydrogen) atoms. The van der Waals surface area contributed by atoms with Crippen LogP contribution in [-0.2, 0) is 11.4 Å². The SMILES string of the molecule is [CH2]c1ccc(-c2cccc(-c3ccnc(-c4ccc([C@H](C)N[S+]([O-])C(C)(C)C)c(OC)c4)c3Cl)c2Cl)nc1OC. The van der Waals surface area contributed by atoms with E-state index in [0.717, 1.165) is 27.8 Å². The Balaban J connectivity index is 1.73. The average molecular weight is 598 g/mol. The third kappa shape index (κ3) is 6.24. The number of rotatable bonds is 8. The highest BCUT2D eigenvalue weighted by molar-refractivity contribution is 7.90. The van der Waals surface area contributed by atoms with Crippen LogP contribution in [0.15, 0.2) is 60.8 Å². The van der Waals surface area contributed by atoms with Gasteiger partial charge >= 0.3 is 0 Å². The minimum atomic E-state index is -1.23. The molecule has 1 radical (unpaired) electrons. The molecule has 209 valence electrons. The third-order valence-electron chi connectivity index (χ3n) is 6.40. The summed E-state index contributed by atoms with van der Waals surface area (Å²) in [7, 11) is 3.17. The van der Waals surface area contributed by atoms with Gasteiger partial charge in [0.25, 0.3) is 0 Å². The minimum absolute atomic E-state index is 0.204. The maximum absolute atomic E-state index is 12.7. The average Bonchev–Trinajstić information content (AvgIpc) is 2.93. The van der Waals surface area contributed by atoms with E-state index in [9.17, 15) is 4.55 Å². The third-order valence-corrected chi connectivity index (χ3v) is 8.87. The Morgan fingerprint density at radius 3 is 2.33 bits per heavy atom. The van der Waals surface area contributed by atoms with Gasteiger partial charge in [-0.3, -0.25) is 4.98 Å². The van der Waals surface area contributed by atoms with Crippen LogP contribution in [0.3, 0.4) is 0 Å². The van der Waals surface area contributed by atoms with E-state index in [0.29, 0.717) is 38.6 Å². The predicted molar refractivity (Wildman–Crippen MR) is 165 cm³/mol. The number of hydrogen-bond donors (Lipinski definition) is 1. The highest BCUT2D eigenvalue weighted by Gasteiger charge is 2.29. The highest BCUT2D eigenvalue weighted by atomic mass is 35.5. The predicted octanol–water partition coefficient (Wildman–Crippen LogP) is 8.10. The number of aromatic nitrogens is 2. The Bertz CT molecular complexity index is 1520. The van der Waals surface area contributed by atoms with Gasteiger partial charge in [0, 0.05) is 50.9 Å². The number of benzene rings is 2. The molecule has 0 aliphatic rings. The second-order valence-electron chi connectivity index (χ2n) is 10.2. The van der Waals surface area contributed by atoms with Gasteiger partial charge in [-0.25, -0.2) is 4.98 Å². The molecule has 0 saturated heterocycles. The number of hydrogen-bond acceptors (Lipinski definition) is 6. The Morgan fingerprint density at radius 2 is 1.65 bits per heavy atom. The van der Waals surface area contributed by atoms with Crippen molar-refractivity contribution in [2.45, 2.75) is 38.5 Å². The summed E-state index contributed by atoms with van der Waals surface area (Å²) in [5.41, 5.74) is 5.82. The molecule has 2 heterocycles. The van der Waals surface area contributed by atoms with Crippen LogP contribution in [0.2, 0.25) is 10.0 Å². The largest absolute Gasteiger partial charge is 0.598 e. The first-order chi connectivity index (χ1) is 19.0. The first-order valence-electron chi connectivity index (χ1n) is 12.6. The zero-order valence-corrected chi connectivity index (χ0v) is 25.7. The molecule has 4 rings (SSSR count). The van der Waals surface area contributed by atoms with Crippen LogP contribution in [-0.4, -0.2) is 33.5 Å². The van der Waals surface area contributed by atoms with Crippen LogP contribution < -0.4 is 14.2 Å². The first kappa shape index (κ1) is 30.2. The maximum atomic E-state index is 12.7. The van der Waals surface area contributed by atoms with E-state index in [2.05, 4.69) is 21.6 Å². The van der Waals surface area contributed by atoms with Gasteiger partial charge in [0.05, 0.1) is 41.7 Å². The summed E-state index contributed by atoms with van der Waals surface area (Å²) in [5, 5.41) is 0.961. The van der Waals surface area contributed by atoms with Gasteiger partial charge in [-0.05, 0) is 52.8 Å². The van der Waals surface area contributed by atoms with Crippen molar-refractivity contribution in [3.05, 3.63) is 88.9 Å². The number of ether oxygens (including phenoxy) is 2. The van der Waals surface area contributed by atoms with Crippen molar-refractivity contribution in [3.63, 3.8) is 0 Å². The molecule has 0 amide bonds. The zero-order chi connectivity index (χ0) is 29.2. The fraction of sp³-hybridized carbons (Fsp3) is 0.258. The van der Waals surface area contributed by atoms with Crippen LogP contribution in [0.4, 0.5) is 0 Å². The van der Waals surface area contributed by atoms with Gasteiger partial charge in [0.1, 0.15) is 10.5 Å². The second kappa shape index (κ2) is 12.4. The molecule has 2 aromatic carbocycles. The first-order valence-corrected chi connectivity index (χ1v) is 14.5. The van der Waals surface area contributed by atoms with Crippen molar-refractivity contribution in [2.24, 2.45) is 0 Å². The van der Waals surface area contributed by atoms with E-state index in [1.54, 1.807) is 20.4 Å². The lowest BCUT2D eigenvalue weighted by Crippen LogP contribution is -2.40. The van der Waals surface area contributed by atoms with Crippen molar-refractivity contribution < 1.29 is 14.0 Å². The van der Waals surface area contributed by atoms with Gasteiger partial charge in [-0.1, -0.05) is 59.6 Å². The molecule has 0 aliphatic carbocycles. The molecule has 9 heteroatoms. The summed E-state index contributed by atoms with van der Waals surface area (Å²) >= 11 is 12.7. The van der Waals surface area contributed by atoms with Gasteiger partial charge in [-0.2, -0.15) is 0 Å². The second-order valence-corrected chi connectivity index (χ2v) is 13.0. The fourth-order valence-electron chi connectivity index (χ4n) is 4.20. The summed E-state index contributed by atoms with van der Waals surface area (Å²) in [6.07, 6.45) is 1.70. The normalized spacial score (nSPS) is 13.2. The highest BCUT2D eigenvalue weighted by Crippen LogP contribution is 2.42. The molecule has 2 aromatic heterocycles. The number of nitrogens with one attached hydrogen (secondary N) is 1. The Hall–Kier alpha value is -2.81. The van der Waals surface area contributed by atoms with Crippen molar-refractivity contribution in [1.82, 2.24) is 14.7 Å². The van der Waals surface area contributed by atoms with E-state index in [1.165, 1.54) is 0 Å². The molecule has 2 atom stereocenters. The van der Waals surface area contributed by atoms with Crippen molar-refractivity contribution in [1.29, 1.82) is 0 Å². The lowest BCUT2D eigenvalue weighted by Gasteiger charge is -2.27. The number of nitrogens with zero attached hydrogens (tertiary/aromatic N) is 2. The van der Waals surface area contributed by atoms with Crippen LogP contribution >= 0.6 is 23.2 Å². The summed E-state index contributed by atoms with van der Waals surface area (Å²) in [6, 6.07) is 16.8. The lowest BCUT2D eigenvalue weighted by molar-refractivity contribution is 0.396. The van der Waals surface area contributed by atoms with E-state index in [4.69, 9.17) is 32.7 Å². The molecule has 0 fully saturated rings. The molecule has 0 aliphatic heterocycles. The number of methoxy groups -OCH3 is 2.